The fraction of sp³-hybridized carbons (Fsp3) is 0. The first-order valence-corrected chi connectivity index (χ1v) is 6.66. The maximum Gasteiger partial charge on any atom is 0.115 e. The van der Waals surface area contributed by atoms with Crippen molar-refractivity contribution in [2.75, 3.05) is 5.32 Å². The molecule has 0 aromatic heterocycles. The first-order valence-electron chi connectivity index (χ1n) is 6.66. The van der Waals surface area contributed by atoms with Crippen LogP contribution in [0.4, 0.5) is 11.4 Å². The molecular formula is C18H15NO2. The highest BCUT2D eigenvalue weighted by atomic mass is 16.3. The zero-order valence-electron chi connectivity index (χ0n) is 11.3. The van der Waals surface area contributed by atoms with Crippen molar-refractivity contribution in [3.63, 3.8) is 0 Å². The van der Waals surface area contributed by atoms with Gasteiger partial charge in [-0.25, -0.2) is 0 Å². The number of rotatable bonds is 3. The Morgan fingerprint density at radius 3 is 1.86 bits per heavy atom. The van der Waals surface area contributed by atoms with Crippen LogP contribution in [0.15, 0.2) is 72.8 Å². The summed E-state index contributed by atoms with van der Waals surface area (Å²) in [6.45, 7) is 0. The van der Waals surface area contributed by atoms with Crippen molar-refractivity contribution in [2.24, 2.45) is 0 Å². The minimum absolute atomic E-state index is 0.249. The quantitative estimate of drug-likeness (QED) is 0.617. The molecule has 0 spiro atoms. The minimum Gasteiger partial charge on any atom is -0.508 e. The van der Waals surface area contributed by atoms with Crippen LogP contribution in [0.3, 0.4) is 0 Å². The third kappa shape index (κ3) is 3.15. The summed E-state index contributed by atoms with van der Waals surface area (Å²) in [5, 5.41) is 21.9. The molecule has 3 N–H and O–H groups in total. The van der Waals surface area contributed by atoms with Crippen molar-refractivity contribution in [1.29, 1.82) is 0 Å². The van der Waals surface area contributed by atoms with E-state index in [4.69, 9.17) is 0 Å². The van der Waals surface area contributed by atoms with Gasteiger partial charge in [0.25, 0.3) is 0 Å². The van der Waals surface area contributed by atoms with Gasteiger partial charge in [-0.1, -0.05) is 24.3 Å². The molecule has 21 heavy (non-hydrogen) atoms. The van der Waals surface area contributed by atoms with Gasteiger partial charge in [0.15, 0.2) is 0 Å². The van der Waals surface area contributed by atoms with E-state index in [0.29, 0.717) is 0 Å². The Morgan fingerprint density at radius 2 is 1.19 bits per heavy atom. The van der Waals surface area contributed by atoms with Crippen molar-refractivity contribution in [3.05, 3.63) is 72.8 Å². The molecule has 0 saturated heterocycles. The lowest BCUT2D eigenvalue weighted by Crippen LogP contribution is -1.90. The van der Waals surface area contributed by atoms with E-state index >= 15 is 0 Å². The lowest BCUT2D eigenvalue weighted by Gasteiger charge is -2.09. The van der Waals surface area contributed by atoms with Crippen LogP contribution in [0.1, 0.15) is 0 Å². The molecule has 3 nitrogen and oxygen atoms in total. The van der Waals surface area contributed by atoms with Crippen molar-refractivity contribution in [1.82, 2.24) is 0 Å². The second kappa shape index (κ2) is 5.59. The smallest absolute Gasteiger partial charge is 0.115 e. The van der Waals surface area contributed by atoms with Crippen LogP contribution in [-0.4, -0.2) is 10.2 Å². The third-order valence-corrected chi connectivity index (χ3v) is 3.22. The second-order valence-electron chi connectivity index (χ2n) is 4.80. The molecular weight excluding hydrogens is 262 g/mol. The number of aromatic hydroxyl groups is 2. The molecule has 0 amide bonds. The van der Waals surface area contributed by atoms with Crippen LogP contribution in [0.5, 0.6) is 11.5 Å². The van der Waals surface area contributed by atoms with E-state index in [-0.39, 0.29) is 11.5 Å². The van der Waals surface area contributed by atoms with Gasteiger partial charge in [-0.05, 0) is 59.7 Å². The highest BCUT2D eigenvalue weighted by molar-refractivity contribution is 5.71. The molecule has 0 aliphatic carbocycles. The van der Waals surface area contributed by atoms with Crippen LogP contribution in [0.2, 0.25) is 0 Å². The van der Waals surface area contributed by atoms with Gasteiger partial charge in [-0.15, -0.1) is 0 Å². The molecule has 0 aliphatic rings. The lowest BCUT2D eigenvalue weighted by atomic mass is 10.0. The number of hydrogen-bond donors (Lipinski definition) is 3. The summed E-state index contributed by atoms with van der Waals surface area (Å²) in [6, 6.07) is 22.1. The Labute approximate surface area is 123 Å². The van der Waals surface area contributed by atoms with Crippen molar-refractivity contribution in [3.8, 4) is 22.6 Å². The lowest BCUT2D eigenvalue weighted by molar-refractivity contribution is 0.475. The molecule has 0 radical (unpaired) electrons. The summed E-state index contributed by atoms with van der Waals surface area (Å²) < 4.78 is 0. The highest BCUT2D eigenvalue weighted by Crippen LogP contribution is 2.26. The molecule has 0 atom stereocenters. The molecule has 0 heterocycles. The van der Waals surface area contributed by atoms with E-state index in [1.54, 1.807) is 24.3 Å². The van der Waals surface area contributed by atoms with E-state index in [2.05, 4.69) is 5.32 Å². The Hall–Kier alpha value is -2.94. The molecule has 0 saturated carbocycles. The fourth-order valence-electron chi connectivity index (χ4n) is 2.14. The standard InChI is InChI=1S/C18H15NO2/c20-17-8-4-13(5-9-17)14-2-1-3-16(12-14)19-15-6-10-18(21)11-7-15/h1-12,19-21H. The Morgan fingerprint density at radius 1 is 0.571 bits per heavy atom. The van der Waals surface area contributed by atoms with Crippen LogP contribution in [0, 0.1) is 0 Å². The monoisotopic (exact) mass is 277 g/mol. The molecule has 3 heteroatoms. The third-order valence-electron chi connectivity index (χ3n) is 3.22. The summed E-state index contributed by atoms with van der Waals surface area (Å²) in [6.07, 6.45) is 0. The Balaban J connectivity index is 1.86. The first-order chi connectivity index (χ1) is 10.2. The SMILES string of the molecule is Oc1ccc(Nc2cccc(-c3ccc(O)cc3)c2)cc1. The number of benzene rings is 3. The average Bonchev–Trinajstić information content (AvgIpc) is 2.51. The molecule has 3 aromatic rings. The predicted molar refractivity (Wildman–Crippen MR) is 84.9 cm³/mol. The van der Waals surface area contributed by atoms with Gasteiger partial charge < -0.3 is 15.5 Å². The summed E-state index contributed by atoms with van der Waals surface area (Å²) in [7, 11) is 0. The maximum absolute atomic E-state index is 9.34. The summed E-state index contributed by atoms with van der Waals surface area (Å²) >= 11 is 0. The Kier molecular flexibility index (Phi) is 3.48. The molecule has 104 valence electrons. The number of nitrogens with one attached hydrogen (secondary N) is 1. The van der Waals surface area contributed by atoms with Gasteiger partial charge >= 0.3 is 0 Å². The average molecular weight is 277 g/mol. The highest BCUT2D eigenvalue weighted by Gasteiger charge is 2.00. The summed E-state index contributed by atoms with van der Waals surface area (Å²) in [5.41, 5.74) is 3.99. The number of hydrogen-bond acceptors (Lipinski definition) is 3. The van der Waals surface area contributed by atoms with Crippen LogP contribution >= 0.6 is 0 Å². The van der Waals surface area contributed by atoms with E-state index < -0.39 is 0 Å². The molecule has 0 bridgehead atoms. The molecule has 3 aromatic carbocycles. The normalized spacial score (nSPS) is 10.3. The number of anilines is 2. The maximum atomic E-state index is 9.34. The number of phenols is 2. The fourth-order valence-corrected chi connectivity index (χ4v) is 2.14. The van der Waals surface area contributed by atoms with Gasteiger partial charge in [-0.2, -0.15) is 0 Å². The van der Waals surface area contributed by atoms with Gasteiger partial charge in [0.2, 0.25) is 0 Å². The predicted octanol–water partition coefficient (Wildman–Crippen LogP) is 4.51. The van der Waals surface area contributed by atoms with Crippen molar-refractivity contribution >= 4 is 11.4 Å². The topological polar surface area (TPSA) is 52.5 Å². The minimum atomic E-state index is 0.249. The first kappa shape index (κ1) is 13.1. The molecule has 0 aliphatic heterocycles. The largest absolute Gasteiger partial charge is 0.508 e. The van der Waals surface area contributed by atoms with Gasteiger partial charge in [0.1, 0.15) is 11.5 Å². The summed E-state index contributed by atoms with van der Waals surface area (Å²) in [4.78, 5) is 0. The zero-order valence-corrected chi connectivity index (χ0v) is 11.3. The molecule has 3 rings (SSSR count). The Bertz CT molecular complexity index is 734. The molecule has 0 fully saturated rings. The van der Waals surface area contributed by atoms with Crippen LogP contribution in [0.25, 0.3) is 11.1 Å². The van der Waals surface area contributed by atoms with Crippen LogP contribution < -0.4 is 5.32 Å². The molecule has 0 unspecified atom stereocenters. The van der Waals surface area contributed by atoms with Gasteiger partial charge in [0, 0.05) is 11.4 Å². The second-order valence-corrected chi connectivity index (χ2v) is 4.80. The van der Waals surface area contributed by atoms with E-state index in [1.807, 2.05) is 48.5 Å². The van der Waals surface area contributed by atoms with E-state index in [0.717, 1.165) is 22.5 Å². The number of phenolic OH excluding ortho intramolecular Hbond substituents is 2. The summed E-state index contributed by atoms with van der Waals surface area (Å²) in [5.74, 6) is 0.510. The van der Waals surface area contributed by atoms with Crippen LogP contribution in [-0.2, 0) is 0 Å². The van der Waals surface area contributed by atoms with E-state index in [1.165, 1.54) is 0 Å². The van der Waals surface area contributed by atoms with Gasteiger partial charge in [0.05, 0.1) is 0 Å². The van der Waals surface area contributed by atoms with Crippen molar-refractivity contribution < 1.29 is 10.2 Å². The van der Waals surface area contributed by atoms with Crippen molar-refractivity contribution in [2.45, 2.75) is 0 Å². The van der Waals surface area contributed by atoms with Gasteiger partial charge in [-0.3, -0.25) is 0 Å². The van der Waals surface area contributed by atoms with E-state index in [9.17, 15) is 10.2 Å². The zero-order chi connectivity index (χ0) is 14.7.